The third-order valence-electron chi connectivity index (χ3n) is 3.35. The monoisotopic (exact) mass is 262 g/mol. The van der Waals surface area contributed by atoms with Gasteiger partial charge in [-0.25, -0.2) is 4.79 Å². The van der Waals surface area contributed by atoms with Gasteiger partial charge in [-0.15, -0.1) is 0 Å². The molecule has 3 nitrogen and oxygen atoms in total. The molecule has 0 saturated carbocycles. The molecule has 2 N–H and O–H groups in total. The fraction of sp³-hybridized carbons (Fsp3) is 0.562. The Balaban J connectivity index is 2.46. The highest BCUT2D eigenvalue weighted by molar-refractivity contribution is 5.89. The van der Waals surface area contributed by atoms with Crippen molar-refractivity contribution >= 4 is 11.7 Å². The summed E-state index contributed by atoms with van der Waals surface area (Å²) >= 11 is 0. The highest BCUT2D eigenvalue weighted by Crippen LogP contribution is 2.11. The number of hydrogen-bond donors (Lipinski definition) is 2. The van der Waals surface area contributed by atoms with Crippen molar-refractivity contribution in [1.82, 2.24) is 5.32 Å². The Morgan fingerprint density at radius 2 is 1.74 bits per heavy atom. The molecule has 0 aromatic heterocycles. The Bertz CT molecular complexity index is 369. The maximum atomic E-state index is 11.8. The van der Waals surface area contributed by atoms with E-state index in [2.05, 4.69) is 43.5 Å². The number of rotatable bonds is 7. The quantitative estimate of drug-likeness (QED) is 0.754. The van der Waals surface area contributed by atoms with Gasteiger partial charge < -0.3 is 10.6 Å². The average Bonchev–Trinajstić information content (AvgIpc) is 2.44. The van der Waals surface area contributed by atoms with Gasteiger partial charge in [-0.2, -0.15) is 0 Å². The Kier molecular flexibility index (Phi) is 7.01. The minimum Gasteiger partial charge on any atom is -0.335 e. The molecular formula is C16H26N2O. The van der Waals surface area contributed by atoms with Gasteiger partial charge in [-0.1, -0.05) is 39.3 Å². The highest BCUT2D eigenvalue weighted by Gasteiger charge is 2.07. The van der Waals surface area contributed by atoms with Crippen LogP contribution in [0.15, 0.2) is 24.3 Å². The predicted molar refractivity (Wildman–Crippen MR) is 81.6 cm³/mol. The molecule has 0 fully saturated rings. The van der Waals surface area contributed by atoms with E-state index in [-0.39, 0.29) is 12.1 Å². The van der Waals surface area contributed by atoms with E-state index in [4.69, 9.17) is 0 Å². The lowest BCUT2D eigenvalue weighted by Gasteiger charge is -2.15. The van der Waals surface area contributed by atoms with Crippen LogP contribution in [0.5, 0.6) is 0 Å². The fourth-order valence-electron chi connectivity index (χ4n) is 1.98. The number of urea groups is 1. The number of anilines is 1. The maximum Gasteiger partial charge on any atom is 0.319 e. The summed E-state index contributed by atoms with van der Waals surface area (Å²) in [7, 11) is 0. The second-order valence-electron chi connectivity index (χ2n) is 4.91. The third-order valence-corrected chi connectivity index (χ3v) is 3.35. The van der Waals surface area contributed by atoms with E-state index in [0.717, 1.165) is 24.9 Å². The van der Waals surface area contributed by atoms with Crippen molar-refractivity contribution in [3.8, 4) is 0 Å². The van der Waals surface area contributed by atoms with Crippen LogP contribution < -0.4 is 10.6 Å². The van der Waals surface area contributed by atoms with Gasteiger partial charge in [0.05, 0.1) is 0 Å². The number of unbranched alkanes of at least 4 members (excludes halogenated alkanes) is 1. The van der Waals surface area contributed by atoms with Crippen LogP contribution in [-0.2, 0) is 6.42 Å². The molecule has 2 amide bonds. The van der Waals surface area contributed by atoms with Gasteiger partial charge in [-0.3, -0.25) is 0 Å². The van der Waals surface area contributed by atoms with Crippen molar-refractivity contribution in [3.63, 3.8) is 0 Å². The van der Waals surface area contributed by atoms with Gasteiger partial charge in [0.2, 0.25) is 0 Å². The zero-order chi connectivity index (χ0) is 14.1. The summed E-state index contributed by atoms with van der Waals surface area (Å²) in [4.78, 5) is 11.8. The summed E-state index contributed by atoms with van der Waals surface area (Å²) in [5, 5.41) is 5.84. The fourth-order valence-corrected chi connectivity index (χ4v) is 1.98. The molecule has 0 bridgehead atoms. The van der Waals surface area contributed by atoms with Gasteiger partial charge in [0.25, 0.3) is 0 Å². The number of benzene rings is 1. The Labute approximate surface area is 116 Å². The van der Waals surface area contributed by atoms with Crippen LogP contribution in [0.4, 0.5) is 10.5 Å². The molecule has 0 aliphatic carbocycles. The van der Waals surface area contributed by atoms with Crippen LogP contribution >= 0.6 is 0 Å². The van der Waals surface area contributed by atoms with Crippen molar-refractivity contribution in [2.75, 3.05) is 5.32 Å². The first-order valence-electron chi connectivity index (χ1n) is 7.36. The van der Waals surface area contributed by atoms with Gasteiger partial charge in [0, 0.05) is 11.7 Å². The van der Waals surface area contributed by atoms with Crippen molar-refractivity contribution in [1.29, 1.82) is 0 Å². The van der Waals surface area contributed by atoms with E-state index >= 15 is 0 Å². The molecule has 1 aromatic carbocycles. The van der Waals surface area contributed by atoms with Crippen LogP contribution in [0.2, 0.25) is 0 Å². The van der Waals surface area contributed by atoms with E-state index in [0.29, 0.717) is 0 Å². The number of amides is 2. The third kappa shape index (κ3) is 5.77. The summed E-state index contributed by atoms with van der Waals surface area (Å²) in [5.74, 6) is 0. The molecule has 0 aliphatic rings. The van der Waals surface area contributed by atoms with E-state index in [1.807, 2.05) is 12.1 Å². The Morgan fingerprint density at radius 1 is 1.11 bits per heavy atom. The lowest BCUT2D eigenvalue weighted by Crippen LogP contribution is -2.37. The van der Waals surface area contributed by atoms with Gasteiger partial charge >= 0.3 is 6.03 Å². The first kappa shape index (κ1) is 15.5. The van der Waals surface area contributed by atoms with Gasteiger partial charge in [0.15, 0.2) is 0 Å². The first-order valence-corrected chi connectivity index (χ1v) is 7.36. The van der Waals surface area contributed by atoms with Crippen LogP contribution in [0.1, 0.15) is 52.0 Å². The topological polar surface area (TPSA) is 41.1 Å². The van der Waals surface area contributed by atoms with Crippen molar-refractivity contribution in [3.05, 3.63) is 29.8 Å². The number of carbonyl (C=O) groups is 1. The number of carbonyl (C=O) groups excluding carboxylic acids is 1. The molecular weight excluding hydrogens is 236 g/mol. The van der Waals surface area contributed by atoms with Crippen LogP contribution in [0, 0.1) is 0 Å². The average molecular weight is 262 g/mol. The predicted octanol–water partition coefficient (Wildman–Crippen LogP) is 4.34. The number of hydrogen-bond acceptors (Lipinski definition) is 1. The highest BCUT2D eigenvalue weighted by atomic mass is 16.2. The SMILES string of the molecule is CCCCc1ccc(NC(=O)NC(CC)CC)cc1. The summed E-state index contributed by atoms with van der Waals surface area (Å²) in [6.45, 7) is 6.35. The summed E-state index contributed by atoms with van der Waals surface area (Å²) in [6, 6.07) is 8.25. The molecule has 19 heavy (non-hydrogen) atoms. The molecule has 0 heterocycles. The minimum atomic E-state index is -0.116. The summed E-state index contributed by atoms with van der Waals surface area (Å²) in [5.41, 5.74) is 2.18. The van der Waals surface area contributed by atoms with E-state index < -0.39 is 0 Å². The molecule has 0 saturated heterocycles. The normalized spacial score (nSPS) is 10.5. The molecule has 1 aromatic rings. The molecule has 0 aliphatic heterocycles. The maximum absolute atomic E-state index is 11.8. The Morgan fingerprint density at radius 3 is 2.26 bits per heavy atom. The molecule has 0 spiro atoms. The summed E-state index contributed by atoms with van der Waals surface area (Å²) < 4.78 is 0. The van der Waals surface area contributed by atoms with Crippen molar-refractivity contribution < 1.29 is 4.79 Å². The molecule has 3 heteroatoms. The standard InChI is InChI=1S/C16H26N2O/c1-4-7-8-13-9-11-15(12-10-13)18-16(19)17-14(5-2)6-3/h9-12,14H,4-8H2,1-3H3,(H2,17,18,19). The van der Waals surface area contributed by atoms with Gasteiger partial charge in [0.1, 0.15) is 0 Å². The number of nitrogens with one attached hydrogen (secondary N) is 2. The lowest BCUT2D eigenvalue weighted by atomic mass is 10.1. The van der Waals surface area contributed by atoms with Gasteiger partial charge in [-0.05, 0) is 43.4 Å². The van der Waals surface area contributed by atoms with E-state index in [1.165, 1.54) is 18.4 Å². The molecule has 0 atom stereocenters. The Hall–Kier alpha value is -1.51. The number of aryl methyl sites for hydroxylation is 1. The van der Waals surface area contributed by atoms with E-state index in [1.54, 1.807) is 0 Å². The van der Waals surface area contributed by atoms with Crippen molar-refractivity contribution in [2.24, 2.45) is 0 Å². The molecule has 0 radical (unpaired) electrons. The minimum absolute atomic E-state index is 0.116. The van der Waals surface area contributed by atoms with Crippen LogP contribution in [-0.4, -0.2) is 12.1 Å². The second-order valence-corrected chi connectivity index (χ2v) is 4.91. The zero-order valence-corrected chi connectivity index (χ0v) is 12.3. The molecule has 1 rings (SSSR count). The lowest BCUT2D eigenvalue weighted by molar-refractivity contribution is 0.247. The summed E-state index contributed by atoms with van der Waals surface area (Å²) in [6.07, 6.45) is 5.44. The largest absolute Gasteiger partial charge is 0.335 e. The molecule has 106 valence electrons. The van der Waals surface area contributed by atoms with Crippen LogP contribution in [0.3, 0.4) is 0 Å². The second kappa shape index (κ2) is 8.57. The molecule has 0 unspecified atom stereocenters. The smallest absolute Gasteiger partial charge is 0.319 e. The zero-order valence-electron chi connectivity index (χ0n) is 12.3. The first-order chi connectivity index (χ1) is 9.19. The van der Waals surface area contributed by atoms with Crippen molar-refractivity contribution in [2.45, 2.75) is 58.9 Å². The van der Waals surface area contributed by atoms with E-state index in [9.17, 15) is 4.79 Å². The van der Waals surface area contributed by atoms with Crippen LogP contribution in [0.25, 0.3) is 0 Å².